The van der Waals surface area contributed by atoms with Crippen LogP contribution in [-0.4, -0.2) is 5.11 Å². The molecular formula is C14H13BrO2. The molecule has 0 unspecified atom stereocenters. The number of halogens is 1. The van der Waals surface area contributed by atoms with E-state index in [2.05, 4.69) is 15.9 Å². The molecule has 0 aliphatic rings. The summed E-state index contributed by atoms with van der Waals surface area (Å²) in [5.41, 5.74) is 2.09. The Hall–Kier alpha value is -1.48. The summed E-state index contributed by atoms with van der Waals surface area (Å²) in [5.74, 6) is 1.10. The van der Waals surface area contributed by atoms with E-state index in [1.165, 1.54) is 0 Å². The van der Waals surface area contributed by atoms with Gasteiger partial charge in [-0.1, -0.05) is 18.2 Å². The molecule has 2 rings (SSSR count). The van der Waals surface area contributed by atoms with Crippen LogP contribution < -0.4 is 4.74 Å². The summed E-state index contributed by atoms with van der Waals surface area (Å²) in [6.07, 6.45) is 0. The van der Waals surface area contributed by atoms with Crippen LogP contribution in [0.4, 0.5) is 0 Å². The predicted octanol–water partition coefficient (Wildman–Crippen LogP) is 4.04. The Balaban J connectivity index is 2.10. The molecule has 0 radical (unpaired) electrons. The second kappa shape index (κ2) is 5.23. The first-order valence-corrected chi connectivity index (χ1v) is 6.12. The summed E-state index contributed by atoms with van der Waals surface area (Å²) < 4.78 is 6.66. The van der Waals surface area contributed by atoms with E-state index >= 15 is 0 Å². The zero-order chi connectivity index (χ0) is 12.3. The van der Waals surface area contributed by atoms with Crippen molar-refractivity contribution in [1.29, 1.82) is 0 Å². The summed E-state index contributed by atoms with van der Waals surface area (Å²) in [5, 5.41) is 9.32. The molecule has 0 amide bonds. The van der Waals surface area contributed by atoms with Crippen LogP contribution in [0.2, 0.25) is 0 Å². The molecule has 0 bridgehead atoms. The molecule has 0 fully saturated rings. The number of phenolic OH excluding ortho intramolecular Hbond substituents is 1. The van der Waals surface area contributed by atoms with Crippen molar-refractivity contribution in [1.82, 2.24) is 0 Å². The Morgan fingerprint density at radius 1 is 1.18 bits per heavy atom. The van der Waals surface area contributed by atoms with E-state index in [1.807, 2.05) is 37.3 Å². The Morgan fingerprint density at radius 2 is 1.94 bits per heavy atom. The standard InChI is InChI=1S/C14H13BrO2/c1-10-8-12(16)7-6-11(10)9-17-14-5-3-2-4-13(14)15/h2-8,16H,9H2,1H3. The third-order valence-electron chi connectivity index (χ3n) is 2.55. The second-order valence-electron chi connectivity index (χ2n) is 3.83. The number of rotatable bonds is 3. The summed E-state index contributed by atoms with van der Waals surface area (Å²) in [6, 6.07) is 13.0. The normalized spacial score (nSPS) is 10.2. The van der Waals surface area contributed by atoms with Crippen molar-refractivity contribution in [3.63, 3.8) is 0 Å². The number of aromatic hydroxyl groups is 1. The van der Waals surface area contributed by atoms with Gasteiger partial charge < -0.3 is 9.84 Å². The lowest BCUT2D eigenvalue weighted by atomic mass is 10.1. The van der Waals surface area contributed by atoms with E-state index in [1.54, 1.807) is 12.1 Å². The zero-order valence-electron chi connectivity index (χ0n) is 9.48. The van der Waals surface area contributed by atoms with Crippen LogP contribution in [-0.2, 0) is 6.61 Å². The van der Waals surface area contributed by atoms with Gasteiger partial charge >= 0.3 is 0 Å². The molecule has 1 N–H and O–H groups in total. The summed E-state index contributed by atoms with van der Waals surface area (Å²) >= 11 is 3.43. The van der Waals surface area contributed by atoms with Crippen molar-refractivity contribution in [2.45, 2.75) is 13.5 Å². The molecule has 0 spiro atoms. The van der Waals surface area contributed by atoms with Crippen molar-refractivity contribution < 1.29 is 9.84 Å². The molecule has 2 aromatic rings. The molecule has 3 heteroatoms. The van der Waals surface area contributed by atoms with Gasteiger partial charge in [0.1, 0.15) is 18.1 Å². The molecule has 0 saturated carbocycles. The number of hydrogen-bond donors (Lipinski definition) is 1. The number of phenols is 1. The van der Waals surface area contributed by atoms with Crippen molar-refractivity contribution in [3.8, 4) is 11.5 Å². The lowest BCUT2D eigenvalue weighted by Gasteiger charge is -2.10. The summed E-state index contributed by atoms with van der Waals surface area (Å²) in [7, 11) is 0. The van der Waals surface area contributed by atoms with E-state index < -0.39 is 0 Å². The van der Waals surface area contributed by atoms with Crippen LogP contribution in [0.15, 0.2) is 46.9 Å². The van der Waals surface area contributed by atoms with Gasteiger partial charge in [-0.15, -0.1) is 0 Å². The number of ether oxygens (including phenoxy) is 1. The van der Waals surface area contributed by atoms with Crippen molar-refractivity contribution in [3.05, 3.63) is 58.1 Å². The fourth-order valence-electron chi connectivity index (χ4n) is 1.56. The monoisotopic (exact) mass is 292 g/mol. The van der Waals surface area contributed by atoms with Crippen LogP contribution in [0.5, 0.6) is 11.5 Å². The highest BCUT2D eigenvalue weighted by molar-refractivity contribution is 9.10. The lowest BCUT2D eigenvalue weighted by molar-refractivity contribution is 0.303. The van der Waals surface area contributed by atoms with Crippen LogP contribution in [0.25, 0.3) is 0 Å². The Morgan fingerprint density at radius 3 is 2.65 bits per heavy atom. The van der Waals surface area contributed by atoms with Gasteiger partial charge in [0.25, 0.3) is 0 Å². The van der Waals surface area contributed by atoms with Gasteiger partial charge in [-0.05, 0) is 58.2 Å². The SMILES string of the molecule is Cc1cc(O)ccc1COc1ccccc1Br. The molecule has 0 saturated heterocycles. The van der Waals surface area contributed by atoms with Gasteiger partial charge in [0, 0.05) is 0 Å². The van der Waals surface area contributed by atoms with Crippen molar-refractivity contribution in [2.24, 2.45) is 0 Å². The molecule has 2 nitrogen and oxygen atoms in total. The smallest absolute Gasteiger partial charge is 0.133 e. The third kappa shape index (κ3) is 3.01. The molecule has 2 aromatic carbocycles. The highest BCUT2D eigenvalue weighted by atomic mass is 79.9. The topological polar surface area (TPSA) is 29.5 Å². The molecule has 88 valence electrons. The second-order valence-corrected chi connectivity index (χ2v) is 4.68. The van der Waals surface area contributed by atoms with Gasteiger partial charge in [0.2, 0.25) is 0 Å². The fraction of sp³-hybridized carbons (Fsp3) is 0.143. The zero-order valence-corrected chi connectivity index (χ0v) is 11.1. The van der Waals surface area contributed by atoms with Gasteiger partial charge in [0.05, 0.1) is 4.47 Å². The molecule has 0 aliphatic heterocycles. The van der Waals surface area contributed by atoms with Gasteiger partial charge in [-0.25, -0.2) is 0 Å². The van der Waals surface area contributed by atoms with Crippen molar-refractivity contribution >= 4 is 15.9 Å². The van der Waals surface area contributed by atoms with Crippen LogP contribution in [0.1, 0.15) is 11.1 Å². The molecular weight excluding hydrogens is 280 g/mol. The van der Waals surface area contributed by atoms with Gasteiger partial charge in [0.15, 0.2) is 0 Å². The summed E-state index contributed by atoms with van der Waals surface area (Å²) in [6.45, 7) is 2.45. The van der Waals surface area contributed by atoms with Gasteiger partial charge in [-0.2, -0.15) is 0 Å². The van der Waals surface area contributed by atoms with Crippen LogP contribution >= 0.6 is 15.9 Å². The Kier molecular flexibility index (Phi) is 3.69. The minimum atomic E-state index is 0.284. The van der Waals surface area contributed by atoms with E-state index in [9.17, 15) is 5.11 Å². The molecule has 0 aliphatic carbocycles. The lowest BCUT2D eigenvalue weighted by Crippen LogP contribution is -1.98. The predicted molar refractivity (Wildman–Crippen MR) is 71.3 cm³/mol. The van der Waals surface area contributed by atoms with E-state index in [4.69, 9.17) is 4.74 Å². The van der Waals surface area contributed by atoms with Gasteiger partial charge in [-0.3, -0.25) is 0 Å². The highest BCUT2D eigenvalue weighted by Gasteiger charge is 2.03. The quantitative estimate of drug-likeness (QED) is 0.925. The van der Waals surface area contributed by atoms with E-state index in [-0.39, 0.29) is 5.75 Å². The average Bonchev–Trinajstić information content (AvgIpc) is 2.30. The molecule has 0 heterocycles. The molecule has 17 heavy (non-hydrogen) atoms. The van der Waals surface area contributed by atoms with Crippen LogP contribution in [0, 0.1) is 6.92 Å². The Labute approximate surface area is 109 Å². The van der Waals surface area contributed by atoms with E-state index in [0.29, 0.717) is 6.61 Å². The highest BCUT2D eigenvalue weighted by Crippen LogP contribution is 2.25. The Bertz CT molecular complexity index is 523. The number of hydrogen-bond acceptors (Lipinski definition) is 2. The first-order chi connectivity index (χ1) is 8.16. The maximum absolute atomic E-state index is 9.32. The first kappa shape index (κ1) is 12.0. The number of para-hydroxylation sites is 1. The maximum Gasteiger partial charge on any atom is 0.133 e. The molecule has 0 aromatic heterocycles. The largest absolute Gasteiger partial charge is 0.508 e. The minimum Gasteiger partial charge on any atom is -0.508 e. The average molecular weight is 293 g/mol. The molecule has 0 atom stereocenters. The van der Waals surface area contributed by atoms with E-state index in [0.717, 1.165) is 21.3 Å². The summed E-state index contributed by atoms with van der Waals surface area (Å²) in [4.78, 5) is 0. The van der Waals surface area contributed by atoms with Crippen molar-refractivity contribution in [2.75, 3.05) is 0 Å². The minimum absolute atomic E-state index is 0.284. The number of benzene rings is 2. The third-order valence-corrected chi connectivity index (χ3v) is 3.20. The maximum atomic E-state index is 9.32. The van der Waals surface area contributed by atoms with Crippen LogP contribution in [0.3, 0.4) is 0 Å². The number of aryl methyl sites for hydroxylation is 1. The fourth-order valence-corrected chi connectivity index (χ4v) is 1.96. The first-order valence-electron chi connectivity index (χ1n) is 5.32.